The molecule has 1 saturated heterocycles. The first-order chi connectivity index (χ1) is 8.84. The molecule has 3 heteroatoms. The molecule has 2 aromatic rings. The summed E-state index contributed by atoms with van der Waals surface area (Å²) in [6.07, 6.45) is 4.14. The molecule has 92 valence electrons. The standard InChI is InChI=1S/C15H17N3/c1-18-9-5-8-15(18)14-10-13(16-11-17-14)12-6-3-2-4-7-12/h2-4,6-7,10-11,15H,5,8-9H2,1H3. The largest absolute Gasteiger partial charge is 0.298 e. The summed E-state index contributed by atoms with van der Waals surface area (Å²) < 4.78 is 0. The minimum Gasteiger partial charge on any atom is -0.298 e. The highest BCUT2D eigenvalue weighted by Crippen LogP contribution is 2.30. The fraction of sp³-hybridized carbons (Fsp3) is 0.333. The van der Waals surface area contributed by atoms with Crippen molar-refractivity contribution >= 4 is 0 Å². The van der Waals surface area contributed by atoms with Crippen LogP contribution >= 0.6 is 0 Å². The minimum atomic E-state index is 0.454. The van der Waals surface area contributed by atoms with Crippen LogP contribution in [-0.2, 0) is 0 Å². The predicted octanol–water partition coefficient (Wildman–Crippen LogP) is 2.91. The molecule has 1 fully saturated rings. The maximum absolute atomic E-state index is 4.44. The zero-order chi connectivity index (χ0) is 12.4. The molecule has 1 aliphatic heterocycles. The summed E-state index contributed by atoms with van der Waals surface area (Å²) in [6.45, 7) is 1.16. The molecular formula is C15H17N3. The van der Waals surface area contributed by atoms with Crippen LogP contribution in [0.2, 0.25) is 0 Å². The van der Waals surface area contributed by atoms with Gasteiger partial charge in [0.1, 0.15) is 6.33 Å². The summed E-state index contributed by atoms with van der Waals surface area (Å²) in [5, 5.41) is 0. The van der Waals surface area contributed by atoms with Crippen LogP contribution in [0.15, 0.2) is 42.7 Å². The molecular weight excluding hydrogens is 222 g/mol. The SMILES string of the molecule is CN1CCCC1c1cc(-c2ccccc2)ncn1. The van der Waals surface area contributed by atoms with Crippen LogP contribution < -0.4 is 0 Å². The van der Waals surface area contributed by atoms with Crippen LogP contribution in [0.1, 0.15) is 24.6 Å². The van der Waals surface area contributed by atoms with Crippen LogP contribution in [0.25, 0.3) is 11.3 Å². The van der Waals surface area contributed by atoms with Crippen LogP contribution in [-0.4, -0.2) is 28.5 Å². The van der Waals surface area contributed by atoms with E-state index in [1.54, 1.807) is 6.33 Å². The van der Waals surface area contributed by atoms with Crippen LogP contribution in [0.5, 0.6) is 0 Å². The first kappa shape index (κ1) is 11.4. The minimum absolute atomic E-state index is 0.454. The second-order valence-electron chi connectivity index (χ2n) is 4.83. The van der Waals surface area contributed by atoms with Gasteiger partial charge in [-0.1, -0.05) is 30.3 Å². The number of likely N-dealkylation sites (tertiary alicyclic amines) is 1. The molecule has 0 N–H and O–H groups in total. The fourth-order valence-corrected chi connectivity index (χ4v) is 2.61. The van der Waals surface area contributed by atoms with Crippen molar-refractivity contribution in [2.75, 3.05) is 13.6 Å². The smallest absolute Gasteiger partial charge is 0.116 e. The maximum atomic E-state index is 4.44. The van der Waals surface area contributed by atoms with Crippen LogP contribution in [0.4, 0.5) is 0 Å². The van der Waals surface area contributed by atoms with Crippen LogP contribution in [0.3, 0.4) is 0 Å². The topological polar surface area (TPSA) is 29.0 Å². The summed E-state index contributed by atoms with van der Waals surface area (Å²) in [7, 11) is 2.17. The molecule has 0 aliphatic carbocycles. The highest BCUT2D eigenvalue weighted by Gasteiger charge is 2.23. The molecule has 1 atom stereocenters. The van der Waals surface area contributed by atoms with Gasteiger partial charge in [0.25, 0.3) is 0 Å². The molecule has 1 unspecified atom stereocenters. The van der Waals surface area contributed by atoms with E-state index in [-0.39, 0.29) is 0 Å². The van der Waals surface area contributed by atoms with E-state index >= 15 is 0 Å². The summed E-state index contributed by atoms with van der Waals surface area (Å²) in [5.41, 5.74) is 3.31. The zero-order valence-electron chi connectivity index (χ0n) is 10.6. The van der Waals surface area contributed by atoms with E-state index in [1.165, 1.54) is 12.8 Å². The van der Waals surface area contributed by atoms with Crippen molar-refractivity contribution in [3.8, 4) is 11.3 Å². The number of rotatable bonds is 2. The van der Waals surface area contributed by atoms with E-state index in [1.807, 2.05) is 18.2 Å². The van der Waals surface area contributed by atoms with Crippen molar-refractivity contribution in [1.82, 2.24) is 14.9 Å². The van der Waals surface area contributed by atoms with Gasteiger partial charge in [0.05, 0.1) is 17.4 Å². The number of nitrogens with zero attached hydrogens (tertiary/aromatic N) is 3. The van der Waals surface area contributed by atoms with E-state index in [2.05, 4.69) is 40.1 Å². The summed E-state index contributed by atoms with van der Waals surface area (Å²) in [6, 6.07) is 12.9. The molecule has 3 nitrogen and oxygen atoms in total. The lowest BCUT2D eigenvalue weighted by molar-refractivity contribution is 0.311. The number of hydrogen-bond acceptors (Lipinski definition) is 3. The normalized spacial score (nSPS) is 20.2. The van der Waals surface area contributed by atoms with Crippen molar-refractivity contribution < 1.29 is 0 Å². The summed E-state index contributed by atoms with van der Waals surface area (Å²) >= 11 is 0. The zero-order valence-corrected chi connectivity index (χ0v) is 10.6. The Morgan fingerprint density at radius 2 is 2.00 bits per heavy atom. The van der Waals surface area contributed by atoms with E-state index in [0.717, 1.165) is 23.5 Å². The second-order valence-corrected chi connectivity index (χ2v) is 4.83. The van der Waals surface area contributed by atoms with Crippen molar-refractivity contribution in [3.05, 3.63) is 48.4 Å². The van der Waals surface area contributed by atoms with E-state index < -0.39 is 0 Å². The van der Waals surface area contributed by atoms with Crippen molar-refractivity contribution in [2.24, 2.45) is 0 Å². The van der Waals surface area contributed by atoms with Crippen molar-refractivity contribution in [1.29, 1.82) is 0 Å². The molecule has 1 aromatic carbocycles. The quantitative estimate of drug-likeness (QED) is 0.807. The lowest BCUT2D eigenvalue weighted by Crippen LogP contribution is -2.18. The molecule has 18 heavy (non-hydrogen) atoms. The predicted molar refractivity (Wildman–Crippen MR) is 72.1 cm³/mol. The second kappa shape index (κ2) is 4.86. The number of aromatic nitrogens is 2. The van der Waals surface area contributed by atoms with Gasteiger partial charge in [-0.05, 0) is 32.5 Å². The molecule has 0 spiro atoms. The van der Waals surface area contributed by atoms with Gasteiger partial charge in [-0.3, -0.25) is 4.90 Å². The molecule has 0 saturated carbocycles. The van der Waals surface area contributed by atoms with E-state index in [9.17, 15) is 0 Å². The van der Waals surface area contributed by atoms with Gasteiger partial charge in [-0.2, -0.15) is 0 Å². The molecule has 3 rings (SSSR count). The highest BCUT2D eigenvalue weighted by atomic mass is 15.2. The Balaban J connectivity index is 1.94. The van der Waals surface area contributed by atoms with Crippen LogP contribution in [0, 0.1) is 0 Å². The molecule has 0 bridgehead atoms. The number of hydrogen-bond donors (Lipinski definition) is 0. The third-order valence-corrected chi connectivity index (χ3v) is 3.62. The summed E-state index contributed by atoms with van der Waals surface area (Å²) in [4.78, 5) is 11.2. The molecule has 2 heterocycles. The monoisotopic (exact) mass is 239 g/mol. The fourth-order valence-electron chi connectivity index (χ4n) is 2.61. The lowest BCUT2D eigenvalue weighted by atomic mass is 10.1. The molecule has 0 amide bonds. The summed E-state index contributed by atoms with van der Waals surface area (Å²) in [5.74, 6) is 0. The first-order valence-corrected chi connectivity index (χ1v) is 6.42. The van der Waals surface area contributed by atoms with Gasteiger partial charge < -0.3 is 0 Å². The Kier molecular flexibility index (Phi) is 3.07. The Morgan fingerprint density at radius 1 is 1.17 bits per heavy atom. The van der Waals surface area contributed by atoms with Gasteiger partial charge >= 0.3 is 0 Å². The Morgan fingerprint density at radius 3 is 2.72 bits per heavy atom. The average molecular weight is 239 g/mol. The Hall–Kier alpha value is -1.74. The average Bonchev–Trinajstić information content (AvgIpc) is 2.86. The van der Waals surface area contributed by atoms with Gasteiger partial charge in [-0.15, -0.1) is 0 Å². The van der Waals surface area contributed by atoms with Crippen molar-refractivity contribution in [3.63, 3.8) is 0 Å². The third-order valence-electron chi connectivity index (χ3n) is 3.62. The Bertz CT molecular complexity index is 524. The third kappa shape index (κ3) is 2.14. The number of benzene rings is 1. The van der Waals surface area contributed by atoms with E-state index in [0.29, 0.717) is 6.04 Å². The lowest BCUT2D eigenvalue weighted by Gasteiger charge is -2.18. The van der Waals surface area contributed by atoms with Gasteiger partial charge in [0.2, 0.25) is 0 Å². The Labute approximate surface area is 108 Å². The molecule has 0 radical (unpaired) electrons. The maximum Gasteiger partial charge on any atom is 0.116 e. The highest BCUT2D eigenvalue weighted by molar-refractivity contribution is 5.58. The van der Waals surface area contributed by atoms with Crippen molar-refractivity contribution in [2.45, 2.75) is 18.9 Å². The molecule has 1 aliphatic rings. The van der Waals surface area contributed by atoms with E-state index in [4.69, 9.17) is 0 Å². The molecule has 1 aromatic heterocycles. The van der Waals surface area contributed by atoms with Gasteiger partial charge in [0, 0.05) is 5.56 Å². The first-order valence-electron chi connectivity index (χ1n) is 6.42. The van der Waals surface area contributed by atoms with Gasteiger partial charge in [-0.25, -0.2) is 9.97 Å². The van der Waals surface area contributed by atoms with Gasteiger partial charge in [0.15, 0.2) is 0 Å².